The van der Waals surface area contributed by atoms with E-state index in [0.29, 0.717) is 11.5 Å². The first-order valence-corrected chi connectivity index (χ1v) is 11.3. The zero-order valence-corrected chi connectivity index (χ0v) is 21.4. The van der Waals surface area contributed by atoms with E-state index in [1.165, 1.54) is 5.56 Å². The fourth-order valence-electron chi connectivity index (χ4n) is 3.17. The van der Waals surface area contributed by atoms with Crippen molar-refractivity contribution in [2.75, 3.05) is 6.61 Å². The lowest BCUT2D eigenvalue weighted by molar-refractivity contribution is -0.133. The molecule has 0 aliphatic rings. The molecule has 0 aromatic heterocycles. The van der Waals surface area contributed by atoms with Crippen LogP contribution in [0.1, 0.15) is 70.7 Å². The van der Waals surface area contributed by atoms with Gasteiger partial charge < -0.3 is 9.47 Å². The number of nitrogens with one attached hydrogen (secondary N) is 2. The molecule has 2 aromatic carbocycles. The predicted octanol–water partition coefficient (Wildman–Crippen LogP) is 4.89. The summed E-state index contributed by atoms with van der Waals surface area (Å²) < 4.78 is 11.5. The molecule has 0 aliphatic carbocycles. The van der Waals surface area contributed by atoms with Gasteiger partial charge >= 0.3 is 0 Å². The van der Waals surface area contributed by atoms with Gasteiger partial charge in [-0.2, -0.15) is 0 Å². The lowest BCUT2D eigenvalue weighted by Crippen LogP contribution is -2.48. The van der Waals surface area contributed by atoms with E-state index in [2.05, 4.69) is 58.5 Å². The number of benzene rings is 2. The number of hydrogen-bond donors (Lipinski definition) is 2. The average Bonchev–Trinajstić information content (AvgIpc) is 2.71. The van der Waals surface area contributed by atoms with E-state index in [9.17, 15) is 9.59 Å². The maximum Gasteiger partial charge on any atom is 0.279 e. The van der Waals surface area contributed by atoms with Gasteiger partial charge in [-0.05, 0) is 72.1 Å². The van der Waals surface area contributed by atoms with E-state index in [-0.39, 0.29) is 17.4 Å². The Kier molecular flexibility index (Phi) is 8.17. The lowest BCUT2D eigenvalue weighted by Gasteiger charge is -2.27. The van der Waals surface area contributed by atoms with Crippen molar-refractivity contribution in [2.45, 2.75) is 79.2 Å². The van der Waals surface area contributed by atoms with E-state index in [1.807, 2.05) is 44.2 Å². The van der Waals surface area contributed by atoms with Crippen LogP contribution in [0.3, 0.4) is 0 Å². The first-order chi connectivity index (χ1) is 15.2. The molecule has 6 heteroatoms. The van der Waals surface area contributed by atoms with Crippen LogP contribution in [0.5, 0.6) is 11.5 Å². The molecule has 180 valence electrons. The summed E-state index contributed by atoms with van der Waals surface area (Å²) >= 11 is 0. The summed E-state index contributed by atoms with van der Waals surface area (Å²) in [5, 5.41) is 0. The van der Waals surface area contributed by atoms with Crippen molar-refractivity contribution in [3.8, 4) is 11.5 Å². The van der Waals surface area contributed by atoms with Crippen LogP contribution in [0.4, 0.5) is 0 Å². The van der Waals surface area contributed by atoms with Crippen molar-refractivity contribution in [1.29, 1.82) is 0 Å². The van der Waals surface area contributed by atoms with Gasteiger partial charge in [-0.1, -0.05) is 59.7 Å². The number of amides is 2. The maximum atomic E-state index is 12.3. The van der Waals surface area contributed by atoms with Gasteiger partial charge in [-0.3, -0.25) is 20.4 Å². The smallest absolute Gasteiger partial charge is 0.279 e. The Labute approximate surface area is 198 Å². The minimum absolute atomic E-state index is 0.0101. The molecule has 2 amide bonds. The summed E-state index contributed by atoms with van der Waals surface area (Å²) in [6.07, 6.45) is -0.772. The molecule has 0 saturated heterocycles. The Hall–Kier alpha value is -3.02. The third kappa shape index (κ3) is 7.52. The van der Waals surface area contributed by atoms with Crippen molar-refractivity contribution in [2.24, 2.45) is 0 Å². The fraction of sp³-hybridized carbons (Fsp3) is 0.481. The zero-order chi connectivity index (χ0) is 25.0. The summed E-state index contributed by atoms with van der Waals surface area (Å²) in [5.74, 6) is 0.347. The largest absolute Gasteiger partial charge is 0.483 e. The van der Waals surface area contributed by atoms with E-state index < -0.39 is 17.9 Å². The Balaban J connectivity index is 1.93. The van der Waals surface area contributed by atoms with E-state index in [1.54, 1.807) is 6.92 Å². The normalized spacial score (nSPS) is 12.6. The highest BCUT2D eigenvalue weighted by Gasteiger charge is 2.23. The molecule has 0 aliphatic heterocycles. The Morgan fingerprint density at radius 2 is 1.55 bits per heavy atom. The minimum atomic E-state index is -0.772. The van der Waals surface area contributed by atoms with Crippen molar-refractivity contribution < 1.29 is 19.1 Å². The van der Waals surface area contributed by atoms with E-state index >= 15 is 0 Å². The summed E-state index contributed by atoms with van der Waals surface area (Å²) in [6.45, 7) is 18.2. The molecule has 0 fully saturated rings. The van der Waals surface area contributed by atoms with Gasteiger partial charge in [0, 0.05) is 0 Å². The number of rotatable bonds is 6. The zero-order valence-electron chi connectivity index (χ0n) is 21.4. The summed E-state index contributed by atoms with van der Waals surface area (Å²) in [4.78, 5) is 24.6. The monoisotopic (exact) mass is 454 g/mol. The molecular weight excluding hydrogens is 416 g/mol. The molecule has 0 radical (unpaired) electrons. The van der Waals surface area contributed by atoms with Crippen LogP contribution >= 0.6 is 0 Å². The Bertz CT molecular complexity index is 1000. The SMILES string of the molecule is Cc1ccc(OC(C)C(=O)NNC(=O)COc2ccc(C(C)(C)C)cc2C(C)(C)C)cc1C. The molecule has 1 atom stereocenters. The number of carbonyl (C=O) groups is 2. The molecule has 1 unspecified atom stereocenters. The van der Waals surface area contributed by atoms with Crippen LogP contribution in [-0.2, 0) is 20.4 Å². The number of hydrazine groups is 1. The average molecular weight is 455 g/mol. The van der Waals surface area contributed by atoms with Crippen LogP contribution in [0, 0.1) is 13.8 Å². The number of aryl methyl sites for hydroxylation is 2. The summed E-state index contributed by atoms with van der Waals surface area (Å²) in [6, 6.07) is 11.7. The van der Waals surface area contributed by atoms with Gasteiger partial charge in [0.05, 0.1) is 0 Å². The highest BCUT2D eigenvalue weighted by atomic mass is 16.5. The van der Waals surface area contributed by atoms with Crippen molar-refractivity contribution in [1.82, 2.24) is 10.9 Å². The Morgan fingerprint density at radius 3 is 2.12 bits per heavy atom. The molecule has 0 bridgehead atoms. The van der Waals surface area contributed by atoms with Gasteiger partial charge in [-0.25, -0.2) is 0 Å². The second kappa shape index (κ2) is 10.3. The first kappa shape index (κ1) is 26.2. The number of hydrogen-bond acceptors (Lipinski definition) is 4. The Morgan fingerprint density at radius 1 is 0.879 bits per heavy atom. The van der Waals surface area contributed by atoms with Crippen LogP contribution < -0.4 is 20.3 Å². The molecule has 6 nitrogen and oxygen atoms in total. The third-order valence-corrected chi connectivity index (χ3v) is 5.50. The van der Waals surface area contributed by atoms with Gasteiger partial charge in [-0.15, -0.1) is 0 Å². The maximum absolute atomic E-state index is 12.3. The molecule has 2 rings (SSSR count). The quantitative estimate of drug-likeness (QED) is 0.609. The summed E-state index contributed by atoms with van der Waals surface area (Å²) in [7, 11) is 0. The predicted molar refractivity (Wildman–Crippen MR) is 132 cm³/mol. The van der Waals surface area contributed by atoms with Crippen LogP contribution in [0.15, 0.2) is 36.4 Å². The van der Waals surface area contributed by atoms with Crippen molar-refractivity contribution in [3.05, 3.63) is 58.7 Å². The first-order valence-electron chi connectivity index (χ1n) is 11.3. The summed E-state index contributed by atoms with van der Waals surface area (Å²) in [5.41, 5.74) is 9.10. The minimum Gasteiger partial charge on any atom is -0.483 e. The van der Waals surface area contributed by atoms with Crippen LogP contribution in [0.2, 0.25) is 0 Å². The third-order valence-electron chi connectivity index (χ3n) is 5.50. The highest BCUT2D eigenvalue weighted by Crippen LogP contribution is 2.35. The highest BCUT2D eigenvalue weighted by molar-refractivity contribution is 5.85. The number of carbonyl (C=O) groups excluding carboxylic acids is 2. The standard InChI is InChI=1S/C27H38N2O4/c1-17-10-12-21(14-18(17)2)33-19(3)25(31)29-28-24(30)16-32-23-13-11-20(26(4,5)6)15-22(23)27(7,8)9/h10-15,19H,16H2,1-9H3,(H,28,30)(H,29,31). The van der Waals surface area contributed by atoms with Crippen LogP contribution in [0.25, 0.3) is 0 Å². The second-order valence-electron chi connectivity index (χ2n) is 10.5. The van der Waals surface area contributed by atoms with Gasteiger partial charge in [0.1, 0.15) is 11.5 Å². The fourth-order valence-corrected chi connectivity index (χ4v) is 3.17. The van der Waals surface area contributed by atoms with Gasteiger partial charge in [0.2, 0.25) is 0 Å². The van der Waals surface area contributed by atoms with Crippen molar-refractivity contribution >= 4 is 11.8 Å². The second-order valence-corrected chi connectivity index (χ2v) is 10.5. The number of ether oxygens (including phenoxy) is 2. The molecular formula is C27H38N2O4. The van der Waals surface area contributed by atoms with E-state index in [4.69, 9.17) is 9.47 Å². The molecule has 33 heavy (non-hydrogen) atoms. The molecule has 0 saturated carbocycles. The van der Waals surface area contributed by atoms with Gasteiger partial charge in [0.15, 0.2) is 12.7 Å². The lowest BCUT2D eigenvalue weighted by atomic mass is 9.80. The molecule has 0 spiro atoms. The van der Waals surface area contributed by atoms with Gasteiger partial charge in [0.25, 0.3) is 11.8 Å². The van der Waals surface area contributed by atoms with Crippen molar-refractivity contribution in [3.63, 3.8) is 0 Å². The molecule has 2 aromatic rings. The molecule has 2 N–H and O–H groups in total. The topological polar surface area (TPSA) is 76.7 Å². The van der Waals surface area contributed by atoms with Crippen LogP contribution in [-0.4, -0.2) is 24.5 Å². The molecule has 0 heterocycles. The van der Waals surface area contributed by atoms with E-state index in [0.717, 1.165) is 16.7 Å².